The normalized spacial score (nSPS) is 13.3. The van der Waals surface area contributed by atoms with E-state index in [-0.39, 0.29) is 11.3 Å². The fraction of sp³-hybridized carbons (Fsp3) is 0.350. The molecule has 0 saturated carbocycles. The Morgan fingerprint density at radius 2 is 2.04 bits per heavy atom. The first-order valence-corrected chi connectivity index (χ1v) is 9.52. The predicted octanol–water partition coefficient (Wildman–Crippen LogP) is 3.52. The third kappa shape index (κ3) is 3.04. The summed E-state index contributed by atoms with van der Waals surface area (Å²) < 4.78 is 1.72. The Labute approximate surface area is 150 Å². The van der Waals surface area contributed by atoms with E-state index in [0.29, 0.717) is 19.4 Å². The first-order chi connectivity index (χ1) is 12.1. The van der Waals surface area contributed by atoms with Crippen LogP contribution in [0.15, 0.2) is 35.1 Å². The highest BCUT2D eigenvalue weighted by atomic mass is 32.1. The molecule has 0 aliphatic heterocycles. The van der Waals surface area contributed by atoms with Crippen molar-refractivity contribution in [3.63, 3.8) is 0 Å². The van der Waals surface area contributed by atoms with Gasteiger partial charge in [-0.05, 0) is 37.3 Å². The third-order valence-corrected chi connectivity index (χ3v) is 5.98. The molecule has 0 radical (unpaired) electrons. The fourth-order valence-electron chi connectivity index (χ4n) is 3.53. The molecule has 0 atom stereocenters. The highest BCUT2D eigenvalue weighted by molar-refractivity contribution is 7.18. The number of nitrogens with zero attached hydrogens (tertiary/aromatic N) is 2. The Morgan fingerprint density at radius 1 is 1.24 bits per heavy atom. The number of hydrogen-bond acceptors (Lipinski definition) is 4. The van der Waals surface area contributed by atoms with E-state index in [1.54, 1.807) is 22.8 Å². The van der Waals surface area contributed by atoms with E-state index < -0.39 is 0 Å². The molecule has 2 heterocycles. The molecule has 1 aromatic carbocycles. The monoisotopic (exact) mass is 352 g/mol. The predicted molar refractivity (Wildman–Crippen MR) is 100 cm³/mol. The zero-order valence-electron chi connectivity index (χ0n) is 14.2. The molecular formula is C20H20N2O2S. The lowest BCUT2D eigenvalue weighted by Crippen LogP contribution is -2.26. The molecule has 0 amide bonds. The van der Waals surface area contributed by atoms with Crippen molar-refractivity contribution in [2.24, 2.45) is 0 Å². The van der Waals surface area contributed by atoms with Crippen LogP contribution in [0.3, 0.4) is 0 Å². The Balaban J connectivity index is 1.86. The number of aryl methyl sites for hydroxylation is 2. The molecule has 128 valence electrons. The number of thiophene rings is 1. The van der Waals surface area contributed by atoms with Crippen LogP contribution < -0.4 is 5.56 Å². The van der Waals surface area contributed by atoms with Crippen LogP contribution in [0.4, 0.5) is 0 Å². The van der Waals surface area contributed by atoms with Gasteiger partial charge in [0.2, 0.25) is 0 Å². The van der Waals surface area contributed by atoms with Crippen molar-refractivity contribution in [2.75, 3.05) is 0 Å². The van der Waals surface area contributed by atoms with E-state index >= 15 is 0 Å². The van der Waals surface area contributed by atoms with Crippen molar-refractivity contribution in [3.05, 3.63) is 62.5 Å². The van der Waals surface area contributed by atoms with Crippen molar-refractivity contribution in [3.8, 4) is 0 Å². The maximum Gasteiger partial charge on any atom is 0.262 e. The summed E-state index contributed by atoms with van der Waals surface area (Å²) in [6.45, 7) is 1.97. The fourth-order valence-corrected chi connectivity index (χ4v) is 4.80. The first kappa shape index (κ1) is 16.2. The lowest BCUT2D eigenvalue weighted by molar-refractivity contribution is -0.117. The molecule has 0 spiro atoms. The molecule has 25 heavy (non-hydrogen) atoms. The average molecular weight is 352 g/mol. The molecule has 2 aromatic heterocycles. The smallest absolute Gasteiger partial charge is 0.262 e. The second-order valence-corrected chi connectivity index (χ2v) is 7.72. The molecule has 0 bridgehead atoms. The van der Waals surface area contributed by atoms with Gasteiger partial charge < -0.3 is 0 Å². The summed E-state index contributed by atoms with van der Waals surface area (Å²) >= 11 is 1.67. The number of fused-ring (bicyclic) bond motifs is 3. The standard InChI is InChI=1S/C20H20N2O2S/c1-13(23)10-11-22-17(12-14-6-3-2-4-7-14)21-19-18(20(22)24)15-8-5-9-16(15)25-19/h2-4,6-7H,5,8-12H2,1H3. The van der Waals surface area contributed by atoms with Gasteiger partial charge >= 0.3 is 0 Å². The quantitative estimate of drug-likeness (QED) is 0.706. The molecule has 3 aromatic rings. The molecule has 4 rings (SSSR count). The van der Waals surface area contributed by atoms with Crippen molar-refractivity contribution < 1.29 is 4.79 Å². The Bertz CT molecular complexity index is 1000. The van der Waals surface area contributed by atoms with E-state index in [4.69, 9.17) is 4.98 Å². The number of hydrogen-bond donors (Lipinski definition) is 0. The minimum absolute atomic E-state index is 0.0246. The van der Waals surface area contributed by atoms with Crippen LogP contribution >= 0.6 is 11.3 Å². The van der Waals surface area contributed by atoms with Gasteiger partial charge in [-0.3, -0.25) is 14.2 Å². The summed E-state index contributed by atoms with van der Waals surface area (Å²) in [4.78, 5) is 31.7. The zero-order chi connectivity index (χ0) is 17.4. The van der Waals surface area contributed by atoms with Gasteiger partial charge in [-0.15, -0.1) is 11.3 Å². The Morgan fingerprint density at radius 3 is 2.80 bits per heavy atom. The number of benzene rings is 1. The molecule has 0 N–H and O–H groups in total. The number of aromatic nitrogens is 2. The molecule has 0 unspecified atom stereocenters. The van der Waals surface area contributed by atoms with Crippen LogP contribution in [-0.4, -0.2) is 15.3 Å². The van der Waals surface area contributed by atoms with E-state index in [1.807, 2.05) is 30.3 Å². The lowest BCUT2D eigenvalue weighted by atomic mass is 10.1. The maximum atomic E-state index is 13.2. The second kappa shape index (κ2) is 6.56. The summed E-state index contributed by atoms with van der Waals surface area (Å²) in [5.41, 5.74) is 2.34. The van der Waals surface area contributed by atoms with Gasteiger partial charge in [0.05, 0.1) is 5.39 Å². The average Bonchev–Trinajstić information content (AvgIpc) is 3.15. The summed E-state index contributed by atoms with van der Waals surface area (Å²) in [6.07, 6.45) is 4.11. The van der Waals surface area contributed by atoms with Crippen molar-refractivity contribution >= 4 is 27.3 Å². The molecule has 4 nitrogen and oxygen atoms in total. The molecule has 0 fully saturated rings. The second-order valence-electron chi connectivity index (χ2n) is 6.64. The maximum absolute atomic E-state index is 13.2. The van der Waals surface area contributed by atoms with E-state index in [1.165, 1.54) is 10.4 Å². The van der Waals surface area contributed by atoms with E-state index in [9.17, 15) is 9.59 Å². The number of Topliss-reactive ketones (excluding diaryl/α,β-unsaturated/α-hetero) is 1. The third-order valence-electron chi connectivity index (χ3n) is 4.80. The van der Waals surface area contributed by atoms with E-state index in [2.05, 4.69) is 0 Å². The molecular weight excluding hydrogens is 332 g/mol. The van der Waals surface area contributed by atoms with Crippen LogP contribution in [0.1, 0.15) is 41.6 Å². The topological polar surface area (TPSA) is 52.0 Å². The van der Waals surface area contributed by atoms with Crippen molar-refractivity contribution in [2.45, 2.75) is 45.6 Å². The lowest BCUT2D eigenvalue weighted by Gasteiger charge is -2.12. The molecule has 1 aliphatic carbocycles. The van der Waals surface area contributed by atoms with Crippen LogP contribution in [0, 0.1) is 0 Å². The SMILES string of the molecule is CC(=O)CCn1c(Cc2ccccc2)nc2sc3c(c2c1=O)CCC3. The zero-order valence-corrected chi connectivity index (χ0v) is 15.1. The van der Waals surface area contributed by atoms with Crippen LogP contribution in [0.25, 0.3) is 10.2 Å². The van der Waals surface area contributed by atoms with Gasteiger partial charge in [0.25, 0.3) is 5.56 Å². The van der Waals surface area contributed by atoms with Gasteiger partial charge in [0.1, 0.15) is 16.4 Å². The van der Waals surface area contributed by atoms with Crippen molar-refractivity contribution in [1.29, 1.82) is 0 Å². The van der Waals surface area contributed by atoms with Crippen LogP contribution in [0.5, 0.6) is 0 Å². The Kier molecular flexibility index (Phi) is 4.25. The highest BCUT2D eigenvalue weighted by Crippen LogP contribution is 2.34. The van der Waals surface area contributed by atoms with Crippen LogP contribution in [-0.2, 0) is 30.6 Å². The van der Waals surface area contributed by atoms with E-state index in [0.717, 1.165) is 40.9 Å². The Hall–Kier alpha value is -2.27. The summed E-state index contributed by atoms with van der Waals surface area (Å²) in [5.74, 6) is 0.845. The minimum atomic E-state index is 0.0246. The summed E-state index contributed by atoms with van der Waals surface area (Å²) in [7, 11) is 0. The van der Waals surface area contributed by atoms with Gasteiger partial charge in [-0.1, -0.05) is 30.3 Å². The number of carbonyl (C=O) groups excluding carboxylic acids is 1. The molecule has 5 heteroatoms. The van der Waals surface area contributed by atoms with Gasteiger partial charge in [0, 0.05) is 24.3 Å². The molecule has 1 aliphatic rings. The summed E-state index contributed by atoms with van der Waals surface area (Å²) in [5, 5.41) is 0.790. The minimum Gasteiger partial charge on any atom is -0.300 e. The van der Waals surface area contributed by atoms with Crippen molar-refractivity contribution in [1.82, 2.24) is 9.55 Å². The number of ketones is 1. The van der Waals surface area contributed by atoms with Crippen LogP contribution in [0.2, 0.25) is 0 Å². The largest absolute Gasteiger partial charge is 0.300 e. The van der Waals surface area contributed by atoms with Gasteiger partial charge in [0.15, 0.2) is 0 Å². The van der Waals surface area contributed by atoms with Gasteiger partial charge in [-0.25, -0.2) is 4.98 Å². The molecule has 0 saturated heterocycles. The number of rotatable bonds is 5. The first-order valence-electron chi connectivity index (χ1n) is 8.71. The summed E-state index contributed by atoms with van der Waals surface area (Å²) in [6, 6.07) is 10.0. The number of carbonyl (C=O) groups is 1. The van der Waals surface area contributed by atoms with Gasteiger partial charge in [-0.2, -0.15) is 0 Å². The highest BCUT2D eigenvalue weighted by Gasteiger charge is 2.23.